The molecule has 0 aliphatic heterocycles. The van der Waals surface area contributed by atoms with Crippen LogP contribution in [0.25, 0.3) is 0 Å². The highest BCUT2D eigenvalue weighted by molar-refractivity contribution is 5.95. The third kappa shape index (κ3) is 3.40. The molecule has 0 unspecified atom stereocenters. The number of nitrogens with zero attached hydrogens (tertiary/aromatic N) is 2. The number of halogens is 1. The van der Waals surface area contributed by atoms with Crippen molar-refractivity contribution in [1.29, 1.82) is 0 Å². The fourth-order valence-electron chi connectivity index (χ4n) is 1.73. The minimum Gasteiger partial charge on any atom is -0.330 e. The molecule has 0 aromatic heterocycles. The van der Waals surface area contributed by atoms with Crippen LogP contribution in [0.3, 0.4) is 0 Å². The van der Waals surface area contributed by atoms with Gasteiger partial charge in [0.25, 0.3) is 11.6 Å². The summed E-state index contributed by atoms with van der Waals surface area (Å²) in [6.07, 6.45) is 1.53. The zero-order valence-electron chi connectivity index (χ0n) is 11.7. The van der Waals surface area contributed by atoms with Crippen molar-refractivity contribution in [3.63, 3.8) is 0 Å². The lowest BCUT2D eigenvalue weighted by molar-refractivity contribution is -0.384. The summed E-state index contributed by atoms with van der Waals surface area (Å²) in [5.41, 5.74) is -1.18. The average molecular weight is 280 g/mol. The highest BCUT2D eigenvalue weighted by Crippen LogP contribution is 2.22. The summed E-state index contributed by atoms with van der Waals surface area (Å²) in [5.74, 6) is -1.38. The zero-order valence-corrected chi connectivity index (χ0v) is 11.7. The van der Waals surface area contributed by atoms with Crippen molar-refractivity contribution in [3.05, 3.63) is 52.3 Å². The summed E-state index contributed by atoms with van der Waals surface area (Å²) < 4.78 is 13.8. The summed E-state index contributed by atoms with van der Waals surface area (Å²) in [4.78, 5) is 23.9. The maximum atomic E-state index is 13.8. The fraction of sp³-hybridized carbons (Fsp3) is 0.357. The Kier molecular flexibility index (Phi) is 4.60. The van der Waals surface area contributed by atoms with Crippen molar-refractivity contribution >= 4 is 11.6 Å². The molecule has 108 valence electrons. The molecule has 1 aromatic rings. The van der Waals surface area contributed by atoms with Crippen LogP contribution in [0, 0.1) is 15.9 Å². The molecule has 0 radical (unpaired) electrons. The van der Waals surface area contributed by atoms with Gasteiger partial charge < -0.3 is 4.90 Å². The van der Waals surface area contributed by atoms with Crippen LogP contribution in [0.2, 0.25) is 0 Å². The third-order valence-corrected chi connectivity index (χ3v) is 2.76. The van der Waals surface area contributed by atoms with Crippen molar-refractivity contribution in [2.75, 3.05) is 6.54 Å². The molecule has 0 saturated heterocycles. The van der Waals surface area contributed by atoms with Gasteiger partial charge >= 0.3 is 0 Å². The Morgan fingerprint density at radius 3 is 2.55 bits per heavy atom. The molecule has 0 aliphatic carbocycles. The Hall–Kier alpha value is -2.24. The van der Waals surface area contributed by atoms with Crippen LogP contribution in [0.4, 0.5) is 10.1 Å². The fourth-order valence-corrected chi connectivity index (χ4v) is 1.73. The second-order valence-corrected chi connectivity index (χ2v) is 5.30. The van der Waals surface area contributed by atoms with E-state index in [2.05, 4.69) is 6.58 Å². The number of carbonyl (C=O) groups excluding carboxylic acids is 1. The third-order valence-electron chi connectivity index (χ3n) is 2.76. The molecule has 6 heteroatoms. The number of non-ortho nitro benzene ring substituents is 1. The molecule has 1 amide bonds. The van der Waals surface area contributed by atoms with Crippen LogP contribution in [0.1, 0.15) is 31.1 Å². The minimum absolute atomic E-state index is 0.227. The molecule has 0 spiro atoms. The van der Waals surface area contributed by atoms with Crippen molar-refractivity contribution in [3.8, 4) is 0 Å². The lowest BCUT2D eigenvalue weighted by Gasteiger charge is -2.35. The standard InChI is InChI=1S/C14H17FN2O3/c1-5-8-16(14(2,3)4)13(18)11-9-10(17(19)20)6-7-12(11)15/h5-7,9H,1,8H2,2-4H3. The molecular formula is C14H17FN2O3. The molecular weight excluding hydrogens is 263 g/mol. The molecule has 1 aromatic carbocycles. The van der Waals surface area contributed by atoms with E-state index < -0.39 is 22.2 Å². The maximum absolute atomic E-state index is 13.8. The predicted octanol–water partition coefficient (Wildman–Crippen LogP) is 3.16. The minimum atomic E-state index is -0.779. The lowest BCUT2D eigenvalue weighted by atomic mass is 10.0. The van der Waals surface area contributed by atoms with E-state index in [1.165, 1.54) is 11.0 Å². The summed E-state index contributed by atoms with van der Waals surface area (Å²) >= 11 is 0. The number of hydrogen-bond donors (Lipinski definition) is 0. The molecule has 0 atom stereocenters. The second kappa shape index (κ2) is 5.81. The van der Waals surface area contributed by atoms with E-state index in [1.54, 1.807) is 20.8 Å². The summed E-state index contributed by atoms with van der Waals surface area (Å²) in [6, 6.07) is 2.92. The Bertz CT molecular complexity index is 550. The van der Waals surface area contributed by atoms with Crippen LogP contribution in [0.15, 0.2) is 30.9 Å². The van der Waals surface area contributed by atoms with E-state index >= 15 is 0 Å². The first-order valence-corrected chi connectivity index (χ1v) is 6.05. The van der Waals surface area contributed by atoms with E-state index in [1.807, 2.05) is 0 Å². The van der Waals surface area contributed by atoms with Crippen LogP contribution in [0.5, 0.6) is 0 Å². The van der Waals surface area contributed by atoms with Gasteiger partial charge in [-0.3, -0.25) is 14.9 Å². The van der Waals surface area contributed by atoms with Gasteiger partial charge in [0, 0.05) is 24.2 Å². The SMILES string of the molecule is C=CCN(C(=O)c1cc([N+](=O)[O-])ccc1F)C(C)(C)C. The largest absolute Gasteiger partial charge is 0.330 e. The van der Waals surface area contributed by atoms with Gasteiger partial charge in [-0.25, -0.2) is 4.39 Å². The molecule has 0 fully saturated rings. The maximum Gasteiger partial charge on any atom is 0.270 e. The quantitative estimate of drug-likeness (QED) is 0.483. The second-order valence-electron chi connectivity index (χ2n) is 5.30. The Labute approximate surface area is 116 Å². The van der Waals surface area contributed by atoms with Crippen LogP contribution in [-0.4, -0.2) is 27.8 Å². The normalized spacial score (nSPS) is 11.0. The lowest BCUT2D eigenvalue weighted by Crippen LogP contribution is -2.46. The highest BCUT2D eigenvalue weighted by Gasteiger charge is 2.29. The molecule has 20 heavy (non-hydrogen) atoms. The molecule has 0 bridgehead atoms. The van der Waals surface area contributed by atoms with Gasteiger partial charge in [-0.1, -0.05) is 6.08 Å². The number of amides is 1. The van der Waals surface area contributed by atoms with Gasteiger partial charge in [0.2, 0.25) is 0 Å². The van der Waals surface area contributed by atoms with E-state index in [4.69, 9.17) is 0 Å². The van der Waals surface area contributed by atoms with Crippen molar-refractivity contribution in [2.45, 2.75) is 26.3 Å². The van der Waals surface area contributed by atoms with Gasteiger partial charge in [-0.05, 0) is 26.8 Å². The molecule has 0 heterocycles. The van der Waals surface area contributed by atoms with E-state index in [0.29, 0.717) is 0 Å². The van der Waals surface area contributed by atoms with E-state index in [9.17, 15) is 19.3 Å². The van der Waals surface area contributed by atoms with E-state index in [-0.39, 0.29) is 17.8 Å². The first-order chi connectivity index (χ1) is 9.18. The highest BCUT2D eigenvalue weighted by atomic mass is 19.1. The van der Waals surface area contributed by atoms with Crippen LogP contribution < -0.4 is 0 Å². The predicted molar refractivity (Wildman–Crippen MR) is 74.0 cm³/mol. The summed E-state index contributed by atoms with van der Waals surface area (Å²) in [6.45, 7) is 9.17. The number of carbonyl (C=O) groups is 1. The topological polar surface area (TPSA) is 63.5 Å². The Balaban J connectivity index is 3.27. The summed E-state index contributed by atoms with van der Waals surface area (Å²) in [7, 11) is 0. The van der Waals surface area contributed by atoms with Gasteiger partial charge in [-0.15, -0.1) is 6.58 Å². The van der Waals surface area contributed by atoms with Crippen molar-refractivity contribution in [1.82, 2.24) is 4.90 Å². The molecule has 0 N–H and O–H groups in total. The molecule has 0 aliphatic rings. The van der Waals surface area contributed by atoms with Gasteiger partial charge in [0.15, 0.2) is 0 Å². The van der Waals surface area contributed by atoms with Crippen molar-refractivity contribution < 1.29 is 14.1 Å². The van der Waals surface area contributed by atoms with Gasteiger partial charge in [0.1, 0.15) is 5.82 Å². The van der Waals surface area contributed by atoms with Crippen LogP contribution >= 0.6 is 0 Å². The van der Waals surface area contributed by atoms with Gasteiger partial charge in [-0.2, -0.15) is 0 Å². The average Bonchev–Trinajstić information content (AvgIpc) is 2.34. The smallest absolute Gasteiger partial charge is 0.270 e. The molecule has 1 rings (SSSR count). The van der Waals surface area contributed by atoms with Crippen molar-refractivity contribution in [2.24, 2.45) is 0 Å². The molecule has 0 saturated carbocycles. The molecule has 5 nitrogen and oxygen atoms in total. The number of nitro benzene ring substituents is 1. The Morgan fingerprint density at radius 2 is 2.10 bits per heavy atom. The Morgan fingerprint density at radius 1 is 1.50 bits per heavy atom. The monoisotopic (exact) mass is 280 g/mol. The number of nitro groups is 1. The number of rotatable bonds is 4. The number of benzene rings is 1. The van der Waals surface area contributed by atoms with Crippen LogP contribution in [-0.2, 0) is 0 Å². The van der Waals surface area contributed by atoms with E-state index in [0.717, 1.165) is 18.2 Å². The first-order valence-electron chi connectivity index (χ1n) is 6.05. The zero-order chi connectivity index (χ0) is 15.5. The first kappa shape index (κ1) is 15.8. The number of hydrogen-bond acceptors (Lipinski definition) is 3. The van der Waals surface area contributed by atoms with Gasteiger partial charge in [0.05, 0.1) is 10.5 Å². The summed E-state index contributed by atoms with van der Waals surface area (Å²) in [5, 5.41) is 10.7.